The van der Waals surface area contributed by atoms with E-state index in [2.05, 4.69) is 16.6 Å². The lowest BCUT2D eigenvalue weighted by molar-refractivity contribution is -0.174. The Morgan fingerprint density at radius 2 is 1.85 bits per heavy atom. The fourth-order valence-corrected chi connectivity index (χ4v) is 3.08. The predicted octanol–water partition coefficient (Wildman–Crippen LogP) is 2.94. The zero-order chi connectivity index (χ0) is 15.1. The molecule has 0 saturated heterocycles. The molecular weight excluding hydrogens is 269 g/mol. The fraction of sp³-hybridized carbons (Fsp3) is 1.00. The highest BCUT2D eigenvalue weighted by molar-refractivity contribution is 4.95. The maximum atomic E-state index is 12.0. The molecular formula is C14H27F3N2O. The molecule has 0 radical (unpaired) electrons. The number of nitrogens with zero attached hydrogens (tertiary/aromatic N) is 1. The quantitative estimate of drug-likeness (QED) is 0.665. The summed E-state index contributed by atoms with van der Waals surface area (Å²) in [5, 5.41) is 0. The van der Waals surface area contributed by atoms with Crippen molar-refractivity contribution in [2.24, 2.45) is 5.73 Å². The molecule has 0 unspecified atom stereocenters. The van der Waals surface area contributed by atoms with Crippen LogP contribution in [0.2, 0.25) is 0 Å². The molecule has 0 aromatic carbocycles. The van der Waals surface area contributed by atoms with Crippen LogP contribution in [0.3, 0.4) is 0 Å². The zero-order valence-electron chi connectivity index (χ0n) is 12.3. The smallest absolute Gasteiger partial charge is 0.372 e. The lowest BCUT2D eigenvalue weighted by atomic mass is 9.94. The molecule has 0 aromatic rings. The summed E-state index contributed by atoms with van der Waals surface area (Å²) < 4.78 is 40.6. The summed E-state index contributed by atoms with van der Waals surface area (Å²) in [7, 11) is 0. The molecule has 1 rings (SSSR count). The molecule has 0 spiro atoms. The Hall–Kier alpha value is -0.330. The number of alkyl halides is 3. The minimum Gasteiger partial charge on any atom is -0.372 e. The predicted molar refractivity (Wildman–Crippen MR) is 73.6 cm³/mol. The Kier molecular flexibility index (Phi) is 7.26. The van der Waals surface area contributed by atoms with Crippen LogP contribution in [0.25, 0.3) is 0 Å². The highest BCUT2D eigenvalue weighted by atomic mass is 19.4. The molecule has 0 bridgehead atoms. The maximum absolute atomic E-state index is 12.0. The number of hydrogen-bond donors (Lipinski definition) is 1. The van der Waals surface area contributed by atoms with Crippen LogP contribution in [0.5, 0.6) is 0 Å². The van der Waals surface area contributed by atoms with Crippen molar-refractivity contribution in [2.75, 3.05) is 32.8 Å². The number of nitrogens with two attached hydrogens (primary N) is 1. The van der Waals surface area contributed by atoms with E-state index in [4.69, 9.17) is 5.73 Å². The summed E-state index contributed by atoms with van der Waals surface area (Å²) in [6.07, 6.45) is 2.03. The fourth-order valence-electron chi connectivity index (χ4n) is 3.08. The normalized spacial score (nSPS) is 18.9. The van der Waals surface area contributed by atoms with Gasteiger partial charge < -0.3 is 10.5 Å². The first-order valence-corrected chi connectivity index (χ1v) is 7.53. The first-order valence-electron chi connectivity index (χ1n) is 7.53. The second kappa shape index (κ2) is 8.20. The van der Waals surface area contributed by atoms with Crippen molar-refractivity contribution >= 4 is 0 Å². The third-order valence-corrected chi connectivity index (χ3v) is 4.06. The molecule has 0 atom stereocenters. The lowest BCUT2D eigenvalue weighted by Crippen LogP contribution is -2.52. The van der Waals surface area contributed by atoms with Gasteiger partial charge in [-0.05, 0) is 32.2 Å². The zero-order valence-corrected chi connectivity index (χ0v) is 12.3. The summed E-state index contributed by atoms with van der Waals surface area (Å²) >= 11 is 0. The van der Waals surface area contributed by atoms with Crippen LogP contribution in [0.15, 0.2) is 0 Å². The van der Waals surface area contributed by atoms with Crippen LogP contribution < -0.4 is 5.73 Å². The number of halogens is 3. The van der Waals surface area contributed by atoms with Gasteiger partial charge in [0.25, 0.3) is 0 Å². The average Bonchev–Trinajstić information content (AvgIpc) is 2.85. The van der Waals surface area contributed by atoms with E-state index in [0.29, 0.717) is 13.0 Å². The molecule has 1 fully saturated rings. The highest BCUT2D eigenvalue weighted by Gasteiger charge is 2.37. The van der Waals surface area contributed by atoms with Crippen LogP contribution in [-0.4, -0.2) is 49.5 Å². The van der Waals surface area contributed by atoms with E-state index in [9.17, 15) is 13.2 Å². The number of hydrogen-bond acceptors (Lipinski definition) is 3. The Bertz CT molecular complexity index is 266. The van der Waals surface area contributed by atoms with Gasteiger partial charge in [0.2, 0.25) is 0 Å². The van der Waals surface area contributed by atoms with Crippen molar-refractivity contribution in [2.45, 2.75) is 57.2 Å². The molecule has 120 valence electrons. The third-order valence-electron chi connectivity index (χ3n) is 4.06. The first-order chi connectivity index (χ1) is 9.43. The number of ether oxygens (including phenoxy) is 1. The largest absolute Gasteiger partial charge is 0.411 e. The van der Waals surface area contributed by atoms with Crippen LogP contribution in [-0.2, 0) is 4.74 Å². The molecule has 6 heteroatoms. The van der Waals surface area contributed by atoms with Gasteiger partial charge >= 0.3 is 6.18 Å². The van der Waals surface area contributed by atoms with Crippen molar-refractivity contribution in [3.63, 3.8) is 0 Å². The van der Waals surface area contributed by atoms with Gasteiger partial charge in [-0.2, -0.15) is 13.2 Å². The summed E-state index contributed by atoms with van der Waals surface area (Å²) in [4.78, 5) is 2.37. The van der Waals surface area contributed by atoms with Gasteiger partial charge in [-0.25, -0.2) is 0 Å². The standard InChI is InChI=1S/C14H27F3N2O/c1-2-8-19(13(11-18)6-3-4-7-13)9-5-10-20-12-14(15,16)17/h2-12,18H2,1H3. The van der Waals surface area contributed by atoms with Crippen molar-refractivity contribution in [3.8, 4) is 0 Å². The van der Waals surface area contributed by atoms with Gasteiger partial charge in [0.15, 0.2) is 0 Å². The molecule has 1 aliphatic rings. The van der Waals surface area contributed by atoms with Crippen molar-refractivity contribution in [1.82, 2.24) is 4.90 Å². The molecule has 0 amide bonds. The second-order valence-corrected chi connectivity index (χ2v) is 5.64. The van der Waals surface area contributed by atoms with Gasteiger partial charge in [0.1, 0.15) is 6.61 Å². The van der Waals surface area contributed by atoms with Gasteiger partial charge in [-0.1, -0.05) is 19.8 Å². The van der Waals surface area contributed by atoms with E-state index in [1.165, 1.54) is 12.8 Å². The maximum Gasteiger partial charge on any atom is 0.411 e. The van der Waals surface area contributed by atoms with E-state index in [1.54, 1.807) is 0 Å². The van der Waals surface area contributed by atoms with Gasteiger partial charge in [0.05, 0.1) is 0 Å². The van der Waals surface area contributed by atoms with E-state index < -0.39 is 12.8 Å². The Labute approximate surface area is 119 Å². The Morgan fingerprint density at radius 3 is 2.35 bits per heavy atom. The Balaban J connectivity index is 2.35. The Morgan fingerprint density at radius 1 is 1.20 bits per heavy atom. The summed E-state index contributed by atoms with van der Waals surface area (Å²) in [5.41, 5.74) is 6.04. The molecule has 20 heavy (non-hydrogen) atoms. The minimum atomic E-state index is -4.23. The van der Waals surface area contributed by atoms with Crippen LogP contribution >= 0.6 is 0 Å². The molecule has 0 aliphatic heterocycles. The molecule has 1 saturated carbocycles. The minimum absolute atomic E-state index is 0.0695. The van der Waals surface area contributed by atoms with Gasteiger partial charge in [0, 0.05) is 25.2 Å². The molecule has 0 aromatic heterocycles. The first kappa shape index (κ1) is 17.7. The second-order valence-electron chi connectivity index (χ2n) is 5.64. The summed E-state index contributed by atoms with van der Waals surface area (Å²) in [5.74, 6) is 0. The lowest BCUT2D eigenvalue weighted by Gasteiger charge is -2.40. The van der Waals surface area contributed by atoms with E-state index in [1.807, 2.05) is 0 Å². The van der Waals surface area contributed by atoms with E-state index in [0.717, 1.165) is 32.4 Å². The SMILES string of the molecule is CCCN(CCCOCC(F)(F)F)C1(CN)CCCC1. The van der Waals surface area contributed by atoms with Gasteiger partial charge in [-0.3, -0.25) is 4.90 Å². The molecule has 0 heterocycles. The van der Waals surface area contributed by atoms with Crippen LogP contribution in [0.1, 0.15) is 45.4 Å². The highest BCUT2D eigenvalue weighted by Crippen LogP contribution is 2.34. The summed E-state index contributed by atoms with van der Waals surface area (Å²) in [6.45, 7) is 3.48. The topological polar surface area (TPSA) is 38.5 Å². The number of rotatable bonds is 9. The monoisotopic (exact) mass is 296 g/mol. The third kappa shape index (κ3) is 5.58. The van der Waals surface area contributed by atoms with Crippen molar-refractivity contribution < 1.29 is 17.9 Å². The van der Waals surface area contributed by atoms with Crippen molar-refractivity contribution in [3.05, 3.63) is 0 Å². The van der Waals surface area contributed by atoms with Crippen LogP contribution in [0.4, 0.5) is 13.2 Å². The van der Waals surface area contributed by atoms with E-state index in [-0.39, 0.29) is 12.1 Å². The van der Waals surface area contributed by atoms with Crippen LogP contribution in [0, 0.1) is 0 Å². The van der Waals surface area contributed by atoms with E-state index >= 15 is 0 Å². The molecule has 3 nitrogen and oxygen atoms in total. The molecule has 1 aliphatic carbocycles. The molecule has 2 N–H and O–H groups in total. The van der Waals surface area contributed by atoms with Crippen molar-refractivity contribution in [1.29, 1.82) is 0 Å². The van der Waals surface area contributed by atoms with Gasteiger partial charge in [-0.15, -0.1) is 0 Å². The summed E-state index contributed by atoms with van der Waals surface area (Å²) in [6, 6.07) is 0. The average molecular weight is 296 g/mol.